The molecule has 0 fully saturated rings. The molecule has 7 heteroatoms. The molecule has 0 saturated heterocycles. The van der Waals surface area contributed by atoms with Crippen molar-refractivity contribution in [3.8, 4) is 0 Å². The van der Waals surface area contributed by atoms with Gasteiger partial charge < -0.3 is 5.32 Å². The summed E-state index contributed by atoms with van der Waals surface area (Å²) in [6.07, 6.45) is -5.58. The molecule has 0 radical (unpaired) electrons. The van der Waals surface area contributed by atoms with Gasteiger partial charge in [0, 0.05) is 25.1 Å². The average Bonchev–Trinajstić information content (AvgIpc) is 2.18. The highest BCUT2D eigenvalue weighted by Gasteiger charge is 2.25. The Morgan fingerprint density at radius 3 is 2.12 bits per heavy atom. The molecule has 1 aromatic rings. The molecule has 0 heterocycles. The van der Waals surface area contributed by atoms with Gasteiger partial charge in [-0.05, 0) is 6.42 Å². The maximum absolute atomic E-state index is 13.0. The van der Waals surface area contributed by atoms with E-state index < -0.39 is 30.0 Å². The monoisotopic (exact) mass is 257 g/mol. The van der Waals surface area contributed by atoms with E-state index >= 15 is 0 Å². The lowest BCUT2D eigenvalue weighted by molar-refractivity contribution is -0.134. The first-order valence-corrected chi connectivity index (χ1v) is 4.75. The normalized spacial score (nSPS) is 11.6. The van der Waals surface area contributed by atoms with Gasteiger partial charge in [-0.3, -0.25) is 0 Å². The van der Waals surface area contributed by atoms with Crippen LogP contribution in [0.3, 0.4) is 0 Å². The zero-order valence-electron chi connectivity index (χ0n) is 8.54. The summed E-state index contributed by atoms with van der Waals surface area (Å²) in [6.45, 7) is -0.179. The van der Waals surface area contributed by atoms with Crippen LogP contribution in [-0.4, -0.2) is 12.7 Å². The average molecular weight is 257 g/mol. The molecule has 1 nitrogen and oxygen atoms in total. The molecule has 0 spiro atoms. The van der Waals surface area contributed by atoms with Crippen molar-refractivity contribution in [1.29, 1.82) is 0 Å². The molecule has 0 atom stereocenters. The fourth-order valence-corrected chi connectivity index (χ4v) is 1.17. The second-order valence-corrected chi connectivity index (χ2v) is 3.39. The summed E-state index contributed by atoms with van der Waals surface area (Å²) in [5.41, 5.74) is -0.355. The summed E-state index contributed by atoms with van der Waals surface area (Å²) >= 11 is 0. The van der Waals surface area contributed by atoms with Gasteiger partial charge in [-0.25, -0.2) is 13.2 Å². The predicted octanol–water partition coefficient (Wildman–Crippen LogP) is 3.86. The number of hydrogen-bond acceptors (Lipinski definition) is 1. The molecule has 0 aromatic heterocycles. The van der Waals surface area contributed by atoms with Crippen molar-refractivity contribution >= 4 is 5.69 Å². The van der Waals surface area contributed by atoms with Gasteiger partial charge in [-0.15, -0.1) is 0 Å². The van der Waals surface area contributed by atoms with Crippen molar-refractivity contribution in [2.45, 2.75) is 19.0 Å². The Hall–Kier alpha value is -1.40. The van der Waals surface area contributed by atoms with Crippen LogP contribution in [0.25, 0.3) is 0 Å². The number of nitrogens with one attached hydrogen (secondary N) is 1. The predicted molar refractivity (Wildman–Crippen MR) is 50.1 cm³/mol. The van der Waals surface area contributed by atoms with E-state index in [0.717, 1.165) is 0 Å². The van der Waals surface area contributed by atoms with Crippen molar-refractivity contribution < 1.29 is 26.3 Å². The third-order valence-corrected chi connectivity index (χ3v) is 1.96. The lowest BCUT2D eigenvalue weighted by Gasteiger charge is -2.09. The largest absolute Gasteiger partial charge is 0.389 e. The highest BCUT2D eigenvalue weighted by Crippen LogP contribution is 2.22. The van der Waals surface area contributed by atoms with Crippen LogP contribution >= 0.6 is 0 Å². The summed E-state index contributed by atoms with van der Waals surface area (Å²) in [7, 11) is 0. The van der Waals surface area contributed by atoms with Crippen LogP contribution in [-0.2, 0) is 0 Å². The topological polar surface area (TPSA) is 12.0 Å². The van der Waals surface area contributed by atoms with Crippen molar-refractivity contribution in [1.82, 2.24) is 0 Å². The Kier molecular flexibility index (Phi) is 4.25. The maximum atomic E-state index is 13.0. The van der Waals surface area contributed by atoms with Crippen LogP contribution in [0, 0.1) is 17.5 Å². The summed E-state index contributed by atoms with van der Waals surface area (Å²) in [6, 6.07) is 0.902. The van der Waals surface area contributed by atoms with Gasteiger partial charge in [0.1, 0.15) is 5.82 Å². The standard InChI is InChI=1S/C10H9F6N/c11-6-4-8(13)9(5-7(6)12)17-3-1-2-10(14,15)16/h4-5,17H,1-3H2. The molecule has 0 saturated carbocycles. The van der Waals surface area contributed by atoms with E-state index in [4.69, 9.17) is 0 Å². The van der Waals surface area contributed by atoms with E-state index in [1.54, 1.807) is 0 Å². The second kappa shape index (κ2) is 5.29. The lowest BCUT2D eigenvalue weighted by Crippen LogP contribution is -2.11. The highest BCUT2D eigenvalue weighted by molar-refractivity contribution is 5.45. The van der Waals surface area contributed by atoms with E-state index in [9.17, 15) is 26.3 Å². The Morgan fingerprint density at radius 1 is 0.941 bits per heavy atom. The first-order valence-electron chi connectivity index (χ1n) is 4.75. The number of halogens is 6. The molecule has 0 bridgehead atoms. The molecule has 1 N–H and O–H groups in total. The number of rotatable bonds is 4. The Morgan fingerprint density at radius 2 is 1.53 bits per heavy atom. The fourth-order valence-electron chi connectivity index (χ4n) is 1.17. The zero-order valence-corrected chi connectivity index (χ0v) is 8.54. The SMILES string of the molecule is Fc1cc(F)c(NCCCC(F)(F)F)cc1F. The molecule has 0 aliphatic carbocycles. The molecule has 0 aliphatic rings. The van der Waals surface area contributed by atoms with Gasteiger partial charge >= 0.3 is 6.18 Å². The Bertz CT molecular complexity index is 387. The van der Waals surface area contributed by atoms with Gasteiger partial charge in [-0.2, -0.15) is 13.2 Å². The zero-order chi connectivity index (χ0) is 13.1. The molecule has 1 rings (SSSR count). The summed E-state index contributed by atoms with van der Waals surface area (Å²) in [5.74, 6) is -3.65. The van der Waals surface area contributed by atoms with Crippen molar-refractivity contribution in [2.24, 2.45) is 0 Å². The number of alkyl halides is 3. The molecular formula is C10H9F6N. The molecule has 0 aliphatic heterocycles. The van der Waals surface area contributed by atoms with Gasteiger partial charge in [0.25, 0.3) is 0 Å². The number of anilines is 1. The summed E-state index contributed by atoms with van der Waals surface area (Å²) < 4.78 is 73.5. The molecular weight excluding hydrogens is 248 g/mol. The minimum atomic E-state index is -4.28. The smallest absolute Gasteiger partial charge is 0.383 e. The van der Waals surface area contributed by atoms with Crippen LogP contribution in [0.5, 0.6) is 0 Å². The minimum absolute atomic E-state index is 0.179. The van der Waals surface area contributed by atoms with Gasteiger partial charge in [-0.1, -0.05) is 0 Å². The second-order valence-electron chi connectivity index (χ2n) is 3.39. The van der Waals surface area contributed by atoms with Crippen molar-refractivity contribution in [2.75, 3.05) is 11.9 Å². The van der Waals surface area contributed by atoms with E-state index in [1.165, 1.54) is 0 Å². The first kappa shape index (κ1) is 13.7. The third-order valence-electron chi connectivity index (χ3n) is 1.96. The van der Waals surface area contributed by atoms with Gasteiger partial charge in [0.05, 0.1) is 5.69 Å². The van der Waals surface area contributed by atoms with Crippen LogP contribution in [0.15, 0.2) is 12.1 Å². The van der Waals surface area contributed by atoms with Crippen LogP contribution in [0.1, 0.15) is 12.8 Å². The first-order chi connectivity index (χ1) is 7.79. The Balaban J connectivity index is 2.50. The van der Waals surface area contributed by atoms with Crippen molar-refractivity contribution in [3.05, 3.63) is 29.6 Å². The molecule has 17 heavy (non-hydrogen) atoms. The van der Waals surface area contributed by atoms with Crippen molar-refractivity contribution in [3.63, 3.8) is 0 Å². The summed E-state index contributed by atoms with van der Waals surface area (Å²) in [5, 5.41) is 2.27. The minimum Gasteiger partial charge on any atom is -0.383 e. The molecule has 0 amide bonds. The van der Waals surface area contributed by atoms with Gasteiger partial charge in [0.2, 0.25) is 0 Å². The Labute approximate surface area is 93.4 Å². The van der Waals surface area contributed by atoms with E-state index in [2.05, 4.69) is 5.32 Å². The number of hydrogen-bond donors (Lipinski definition) is 1. The molecule has 96 valence electrons. The maximum Gasteiger partial charge on any atom is 0.389 e. The quantitative estimate of drug-likeness (QED) is 0.490. The van der Waals surface area contributed by atoms with Gasteiger partial charge in [0.15, 0.2) is 11.6 Å². The van der Waals surface area contributed by atoms with Crippen LogP contribution in [0.4, 0.5) is 32.0 Å². The highest BCUT2D eigenvalue weighted by atomic mass is 19.4. The van der Waals surface area contributed by atoms with E-state index in [0.29, 0.717) is 12.1 Å². The molecule has 1 aromatic carbocycles. The van der Waals surface area contributed by atoms with E-state index in [-0.39, 0.29) is 18.7 Å². The molecule has 0 unspecified atom stereocenters. The summed E-state index contributed by atoms with van der Waals surface area (Å²) in [4.78, 5) is 0. The number of benzene rings is 1. The lowest BCUT2D eigenvalue weighted by atomic mass is 10.2. The third kappa shape index (κ3) is 4.54. The van der Waals surface area contributed by atoms with E-state index in [1.807, 2.05) is 0 Å². The van der Waals surface area contributed by atoms with Crippen LogP contribution < -0.4 is 5.32 Å². The van der Waals surface area contributed by atoms with Crippen LogP contribution in [0.2, 0.25) is 0 Å². The fraction of sp³-hybridized carbons (Fsp3) is 0.400.